The van der Waals surface area contributed by atoms with Crippen LogP contribution in [0.3, 0.4) is 0 Å². The Kier molecular flexibility index (Phi) is 6.21. The Labute approximate surface area is 154 Å². The molecule has 0 spiro atoms. The molecule has 6 heteroatoms. The van der Waals surface area contributed by atoms with Crippen molar-refractivity contribution in [2.75, 3.05) is 11.3 Å². The summed E-state index contributed by atoms with van der Waals surface area (Å²) in [4.78, 5) is 11.6. The van der Waals surface area contributed by atoms with E-state index in [9.17, 15) is 13.2 Å². The van der Waals surface area contributed by atoms with Crippen LogP contribution in [0.5, 0.6) is 0 Å². The van der Waals surface area contributed by atoms with E-state index >= 15 is 0 Å². The van der Waals surface area contributed by atoms with Crippen LogP contribution in [0, 0.1) is 20.8 Å². The van der Waals surface area contributed by atoms with Gasteiger partial charge in [-0.2, -0.15) is 0 Å². The molecular weight excluding hydrogens is 350 g/mol. The first-order chi connectivity index (χ1) is 12.2. The van der Waals surface area contributed by atoms with Crippen LogP contribution >= 0.6 is 0 Å². The standard InChI is InChI=1S/C20H23NO4S/c1-5-25-19(22)11-8-17-6-9-18(10-7-17)21-26(23,24)20-15(3)12-14(2)13-16(20)4/h6-13,21H,5H2,1-4H3/b11-8+. The maximum atomic E-state index is 12.7. The summed E-state index contributed by atoms with van der Waals surface area (Å²) in [6, 6.07) is 10.5. The molecule has 0 aliphatic heterocycles. The lowest BCUT2D eigenvalue weighted by molar-refractivity contribution is -0.137. The van der Waals surface area contributed by atoms with Gasteiger partial charge in [-0.3, -0.25) is 4.72 Å². The number of sulfonamides is 1. The summed E-state index contributed by atoms with van der Waals surface area (Å²) in [5.74, 6) is -0.414. The zero-order valence-electron chi connectivity index (χ0n) is 15.4. The van der Waals surface area contributed by atoms with E-state index in [2.05, 4.69) is 4.72 Å². The number of benzene rings is 2. The second kappa shape index (κ2) is 8.19. The smallest absolute Gasteiger partial charge is 0.330 e. The van der Waals surface area contributed by atoms with E-state index in [-0.39, 0.29) is 0 Å². The fraction of sp³-hybridized carbons (Fsp3) is 0.250. The third kappa shape index (κ3) is 4.95. The molecule has 0 heterocycles. The van der Waals surface area contributed by atoms with Gasteiger partial charge < -0.3 is 4.74 Å². The van der Waals surface area contributed by atoms with E-state index < -0.39 is 16.0 Å². The summed E-state index contributed by atoms with van der Waals surface area (Å²) in [5.41, 5.74) is 3.67. The minimum absolute atomic E-state index is 0.300. The number of hydrogen-bond acceptors (Lipinski definition) is 4. The minimum atomic E-state index is -3.68. The molecule has 0 aliphatic rings. The zero-order valence-corrected chi connectivity index (χ0v) is 16.2. The van der Waals surface area contributed by atoms with Crippen molar-refractivity contribution in [1.82, 2.24) is 0 Å². The van der Waals surface area contributed by atoms with E-state index in [0.29, 0.717) is 28.3 Å². The van der Waals surface area contributed by atoms with E-state index in [1.807, 2.05) is 19.1 Å². The van der Waals surface area contributed by atoms with Crippen molar-refractivity contribution in [3.63, 3.8) is 0 Å². The fourth-order valence-electron chi connectivity index (χ4n) is 2.81. The highest BCUT2D eigenvalue weighted by molar-refractivity contribution is 7.92. The predicted octanol–water partition coefficient (Wildman–Crippen LogP) is 3.99. The van der Waals surface area contributed by atoms with E-state index in [0.717, 1.165) is 11.1 Å². The average Bonchev–Trinajstić information content (AvgIpc) is 2.52. The Morgan fingerprint density at radius 2 is 1.65 bits per heavy atom. The number of rotatable bonds is 6. The molecule has 0 bridgehead atoms. The summed E-state index contributed by atoms with van der Waals surface area (Å²) in [6.45, 7) is 7.58. The maximum Gasteiger partial charge on any atom is 0.330 e. The summed E-state index contributed by atoms with van der Waals surface area (Å²) in [7, 11) is -3.68. The number of anilines is 1. The lowest BCUT2D eigenvalue weighted by Gasteiger charge is -2.14. The summed E-state index contributed by atoms with van der Waals surface area (Å²) in [5, 5.41) is 0. The summed E-state index contributed by atoms with van der Waals surface area (Å²) >= 11 is 0. The van der Waals surface area contributed by atoms with Crippen LogP contribution in [-0.2, 0) is 19.6 Å². The van der Waals surface area contributed by atoms with Crippen molar-refractivity contribution in [2.45, 2.75) is 32.6 Å². The molecule has 0 radical (unpaired) electrons. The fourth-order valence-corrected chi connectivity index (χ4v) is 4.33. The molecule has 2 aromatic carbocycles. The minimum Gasteiger partial charge on any atom is -0.463 e. The van der Waals surface area contributed by atoms with Crippen molar-refractivity contribution in [3.05, 3.63) is 64.7 Å². The van der Waals surface area contributed by atoms with Crippen molar-refractivity contribution in [1.29, 1.82) is 0 Å². The number of aryl methyl sites for hydroxylation is 3. The Morgan fingerprint density at radius 3 is 2.19 bits per heavy atom. The molecule has 0 amide bonds. The Bertz CT molecular complexity index is 906. The lowest BCUT2D eigenvalue weighted by Crippen LogP contribution is -2.15. The van der Waals surface area contributed by atoms with Gasteiger partial charge in [0.25, 0.3) is 10.0 Å². The van der Waals surface area contributed by atoms with Gasteiger partial charge in [-0.1, -0.05) is 29.8 Å². The molecular formula is C20H23NO4S. The third-order valence-corrected chi connectivity index (χ3v) is 5.42. The van der Waals surface area contributed by atoms with Gasteiger partial charge in [0.15, 0.2) is 0 Å². The topological polar surface area (TPSA) is 72.5 Å². The molecule has 0 unspecified atom stereocenters. The SMILES string of the molecule is CCOC(=O)/C=C/c1ccc(NS(=O)(=O)c2c(C)cc(C)cc2C)cc1. The van der Waals surface area contributed by atoms with Crippen LogP contribution in [0.25, 0.3) is 6.08 Å². The molecule has 26 heavy (non-hydrogen) atoms. The number of ether oxygens (including phenoxy) is 1. The summed E-state index contributed by atoms with van der Waals surface area (Å²) < 4.78 is 32.9. The number of carbonyl (C=O) groups is 1. The van der Waals surface area contributed by atoms with Gasteiger partial charge >= 0.3 is 5.97 Å². The van der Waals surface area contributed by atoms with E-state index in [1.54, 1.807) is 51.1 Å². The number of carbonyl (C=O) groups excluding carboxylic acids is 1. The highest BCUT2D eigenvalue weighted by Crippen LogP contribution is 2.24. The van der Waals surface area contributed by atoms with Gasteiger partial charge in [0.1, 0.15) is 0 Å². The second-order valence-electron chi connectivity index (χ2n) is 6.04. The van der Waals surface area contributed by atoms with Gasteiger partial charge in [0, 0.05) is 11.8 Å². The van der Waals surface area contributed by atoms with Crippen molar-refractivity contribution in [2.24, 2.45) is 0 Å². The summed E-state index contributed by atoms with van der Waals surface area (Å²) in [6.07, 6.45) is 2.95. The molecule has 0 saturated carbocycles. The van der Waals surface area contributed by atoms with Gasteiger partial charge in [-0.25, -0.2) is 13.2 Å². The van der Waals surface area contributed by atoms with E-state index in [1.165, 1.54) is 6.08 Å². The average molecular weight is 373 g/mol. The molecule has 5 nitrogen and oxygen atoms in total. The van der Waals surface area contributed by atoms with Crippen LogP contribution < -0.4 is 4.72 Å². The van der Waals surface area contributed by atoms with Crippen molar-refractivity contribution >= 4 is 27.8 Å². The predicted molar refractivity (Wildman–Crippen MR) is 104 cm³/mol. The van der Waals surface area contributed by atoms with Crippen molar-refractivity contribution in [3.8, 4) is 0 Å². The quantitative estimate of drug-likeness (QED) is 0.614. The third-order valence-electron chi connectivity index (χ3n) is 3.73. The molecule has 0 fully saturated rings. The first-order valence-corrected chi connectivity index (χ1v) is 9.77. The normalized spacial score (nSPS) is 11.5. The maximum absolute atomic E-state index is 12.7. The molecule has 0 aliphatic carbocycles. The van der Waals surface area contributed by atoms with Crippen molar-refractivity contribution < 1.29 is 17.9 Å². The zero-order chi connectivity index (χ0) is 19.3. The molecule has 2 aromatic rings. The van der Waals surface area contributed by atoms with Gasteiger partial charge in [-0.05, 0) is 62.6 Å². The molecule has 0 saturated heterocycles. The molecule has 138 valence electrons. The number of nitrogens with one attached hydrogen (secondary N) is 1. The van der Waals surface area contributed by atoms with Crippen LogP contribution in [-0.4, -0.2) is 21.0 Å². The lowest BCUT2D eigenvalue weighted by atomic mass is 10.1. The van der Waals surface area contributed by atoms with Gasteiger partial charge in [0.05, 0.1) is 11.5 Å². The second-order valence-corrected chi connectivity index (χ2v) is 7.66. The van der Waals surface area contributed by atoms with Crippen LogP contribution in [0.15, 0.2) is 47.4 Å². The monoisotopic (exact) mass is 373 g/mol. The Hall–Kier alpha value is -2.60. The highest BCUT2D eigenvalue weighted by atomic mass is 32.2. The highest BCUT2D eigenvalue weighted by Gasteiger charge is 2.19. The number of hydrogen-bond donors (Lipinski definition) is 1. The number of esters is 1. The molecule has 2 rings (SSSR count). The molecule has 0 atom stereocenters. The van der Waals surface area contributed by atoms with Gasteiger partial charge in [-0.15, -0.1) is 0 Å². The first kappa shape index (κ1) is 19.7. The molecule has 0 aromatic heterocycles. The molecule has 1 N–H and O–H groups in total. The Balaban J connectivity index is 2.19. The van der Waals surface area contributed by atoms with Crippen LogP contribution in [0.2, 0.25) is 0 Å². The first-order valence-electron chi connectivity index (χ1n) is 8.28. The van der Waals surface area contributed by atoms with Crippen LogP contribution in [0.4, 0.5) is 5.69 Å². The van der Waals surface area contributed by atoms with Crippen LogP contribution in [0.1, 0.15) is 29.2 Å². The van der Waals surface area contributed by atoms with Gasteiger partial charge in [0.2, 0.25) is 0 Å². The largest absolute Gasteiger partial charge is 0.463 e. The Morgan fingerprint density at radius 1 is 1.08 bits per heavy atom. The van der Waals surface area contributed by atoms with E-state index in [4.69, 9.17) is 4.74 Å².